The lowest BCUT2D eigenvalue weighted by atomic mass is 10.3. The highest BCUT2D eigenvalue weighted by Crippen LogP contribution is 2.09. The van der Waals surface area contributed by atoms with Gasteiger partial charge in [-0.05, 0) is 12.1 Å². The third-order valence-corrected chi connectivity index (χ3v) is 5.77. The van der Waals surface area contributed by atoms with Crippen molar-refractivity contribution in [1.29, 1.82) is 0 Å². The van der Waals surface area contributed by atoms with Crippen LogP contribution in [-0.4, -0.2) is 35.8 Å². The quantitative estimate of drug-likeness (QED) is 0.604. The second-order valence-electron chi connectivity index (χ2n) is 3.51. The van der Waals surface area contributed by atoms with E-state index in [4.69, 9.17) is 0 Å². The zero-order chi connectivity index (χ0) is 9.02. The summed E-state index contributed by atoms with van der Waals surface area (Å²) in [4.78, 5) is 0. The Morgan fingerprint density at radius 1 is 1.18 bits per heavy atom. The van der Waals surface area contributed by atoms with Crippen LogP contribution in [0.2, 0.25) is 12.2 Å². The van der Waals surface area contributed by atoms with Crippen LogP contribution < -0.4 is 0 Å². The molecule has 64 valence electrons. The molecule has 0 bridgehead atoms. The van der Waals surface area contributed by atoms with Crippen molar-refractivity contribution in [3.05, 3.63) is 0 Å². The molecule has 0 amide bonds. The van der Waals surface area contributed by atoms with Crippen LogP contribution >= 0.6 is 0 Å². The van der Waals surface area contributed by atoms with Gasteiger partial charge in [-0.1, -0.05) is 39.9 Å². The second-order valence-corrected chi connectivity index (χ2v) is 6.91. The van der Waals surface area contributed by atoms with Crippen LogP contribution in [0.1, 0.15) is 27.7 Å². The fourth-order valence-corrected chi connectivity index (χ4v) is 4.06. The smallest absolute Gasteiger partial charge is 0.130 e. The molecule has 0 aliphatic carbocycles. The Labute approximate surface area is 76.3 Å². The maximum atomic E-state index is 3.60. The van der Waals surface area contributed by atoms with E-state index in [1.165, 1.54) is 0 Å². The first kappa shape index (κ1) is 11.4. The predicted molar refractivity (Wildman–Crippen MR) is 54.3 cm³/mol. The third kappa shape index (κ3) is 3.53. The molecule has 0 atom stereocenters. The second kappa shape index (κ2) is 5.11. The van der Waals surface area contributed by atoms with Gasteiger partial charge in [-0.3, -0.25) is 0 Å². The zero-order valence-electron chi connectivity index (χ0n) is 8.31. The Kier molecular flexibility index (Phi) is 5.30. The van der Waals surface area contributed by atoms with Crippen LogP contribution in [0.4, 0.5) is 0 Å². The minimum absolute atomic E-state index is 0.319. The fourth-order valence-electron chi connectivity index (χ4n) is 1.57. The van der Waals surface area contributed by atoms with E-state index < -0.39 is 0 Å². The zero-order valence-corrected chi connectivity index (χ0v) is 10.3. The summed E-state index contributed by atoms with van der Waals surface area (Å²) in [5.74, 6) is 0. The first-order valence-corrected chi connectivity index (χ1v) is 7.12. The van der Waals surface area contributed by atoms with E-state index in [2.05, 4.69) is 49.0 Å². The van der Waals surface area contributed by atoms with E-state index in [1.54, 1.807) is 0 Å². The van der Waals surface area contributed by atoms with Crippen molar-refractivity contribution >= 4 is 19.2 Å². The van der Waals surface area contributed by atoms with Gasteiger partial charge in [0.1, 0.15) is 8.96 Å². The van der Waals surface area contributed by atoms with Crippen molar-refractivity contribution in [2.75, 3.05) is 0 Å². The molecule has 0 N–H and O–H groups in total. The first-order valence-electron chi connectivity index (χ1n) is 4.26. The molecule has 0 aromatic carbocycles. The highest BCUT2D eigenvalue weighted by molar-refractivity contribution is 6.61. The van der Waals surface area contributed by atoms with Crippen LogP contribution in [0.5, 0.6) is 0 Å². The Bertz CT molecular complexity index is 96.3. The summed E-state index contributed by atoms with van der Waals surface area (Å²) in [5.41, 5.74) is 1.15. The van der Waals surface area contributed by atoms with Gasteiger partial charge in [0.05, 0.1) is 0 Å². The van der Waals surface area contributed by atoms with E-state index >= 15 is 0 Å². The molecular weight excluding hydrogens is 166 g/mol. The van der Waals surface area contributed by atoms with Gasteiger partial charge in [-0.15, -0.1) is 0 Å². The van der Waals surface area contributed by atoms with Crippen molar-refractivity contribution in [1.82, 2.24) is 4.57 Å². The molecule has 0 fully saturated rings. The Hall–Kier alpha value is 0.394. The van der Waals surface area contributed by atoms with Gasteiger partial charge in [-0.25, -0.2) is 0 Å². The normalized spacial score (nSPS) is 12.5. The van der Waals surface area contributed by atoms with Crippen LogP contribution in [0, 0.1) is 0 Å². The average Bonchev–Trinajstić information content (AvgIpc) is 1.85. The van der Waals surface area contributed by atoms with Crippen molar-refractivity contribution in [3.63, 3.8) is 0 Å². The van der Waals surface area contributed by atoms with E-state index in [0.717, 1.165) is 5.67 Å². The third-order valence-electron chi connectivity index (χ3n) is 1.81. The summed E-state index contributed by atoms with van der Waals surface area (Å²) in [6, 6.07) is 1.37. The van der Waals surface area contributed by atoms with Gasteiger partial charge >= 0.3 is 0 Å². The van der Waals surface area contributed by atoms with Crippen molar-refractivity contribution in [2.24, 2.45) is 0 Å². The monoisotopic (exact) mass is 185 g/mol. The summed E-state index contributed by atoms with van der Waals surface area (Å²) in [6.07, 6.45) is 0. The number of hydrogen-bond donors (Lipinski definition) is 0. The van der Waals surface area contributed by atoms with Crippen LogP contribution in [0.25, 0.3) is 0 Å². The molecule has 11 heavy (non-hydrogen) atoms. The maximum Gasteiger partial charge on any atom is 0.130 e. The average molecular weight is 185 g/mol. The number of nitrogens with zero attached hydrogens (tertiary/aromatic N) is 1. The largest absolute Gasteiger partial charge is 0.320 e. The van der Waals surface area contributed by atoms with Gasteiger partial charge in [0, 0.05) is 10.2 Å². The molecule has 0 unspecified atom stereocenters. The summed E-state index contributed by atoms with van der Waals surface area (Å²) in [6.45, 7) is 11.5. The van der Waals surface area contributed by atoms with Gasteiger partial charge in [0.2, 0.25) is 0 Å². The molecule has 0 rings (SSSR count). The maximum absolute atomic E-state index is 3.60. The minimum Gasteiger partial charge on any atom is -0.320 e. The summed E-state index contributed by atoms with van der Waals surface area (Å²) in [7, 11) is 3.28. The van der Waals surface area contributed by atoms with Crippen molar-refractivity contribution < 1.29 is 0 Å². The molecule has 0 aromatic heterocycles. The Morgan fingerprint density at radius 3 is 1.64 bits per heavy atom. The van der Waals surface area contributed by atoms with Gasteiger partial charge in [0.15, 0.2) is 0 Å². The number of hydrogen-bond acceptors (Lipinski definition) is 1. The first-order chi connectivity index (χ1) is 5.00. The Morgan fingerprint density at radius 2 is 1.55 bits per heavy atom. The molecule has 1 nitrogen and oxygen atoms in total. The predicted octanol–water partition coefficient (Wildman–Crippen LogP) is 1.85. The molecule has 0 aliphatic rings. The Balaban J connectivity index is 4.09. The molecule has 0 aliphatic heterocycles. The lowest BCUT2D eigenvalue weighted by Gasteiger charge is -2.34. The minimum atomic E-state index is -0.319. The summed E-state index contributed by atoms with van der Waals surface area (Å²) in [5, 5.41) is 0. The lowest BCUT2D eigenvalue weighted by molar-refractivity contribution is 0.305. The van der Waals surface area contributed by atoms with Gasteiger partial charge < -0.3 is 4.57 Å². The number of rotatable bonds is 4. The fraction of sp³-hybridized carbons (Fsp3) is 1.00. The van der Waals surface area contributed by atoms with Crippen LogP contribution in [0.3, 0.4) is 0 Å². The molecule has 4 radical (unpaired) electrons. The topological polar surface area (TPSA) is 3.24 Å². The molecule has 0 spiro atoms. The molecule has 0 aromatic rings. The molecule has 3 heteroatoms. The summed E-state index contributed by atoms with van der Waals surface area (Å²) >= 11 is 0. The SMILES string of the molecule is CC(C)N(C(C)C)[Si](C)C[Si]. The molecular formula is C8H19NSi2. The highest BCUT2D eigenvalue weighted by Gasteiger charge is 2.19. The van der Waals surface area contributed by atoms with Gasteiger partial charge in [-0.2, -0.15) is 0 Å². The summed E-state index contributed by atoms with van der Waals surface area (Å²) < 4.78 is 2.61. The van der Waals surface area contributed by atoms with Crippen LogP contribution in [-0.2, 0) is 0 Å². The van der Waals surface area contributed by atoms with E-state index in [1.807, 2.05) is 0 Å². The van der Waals surface area contributed by atoms with Crippen molar-refractivity contribution in [3.8, 4) is 0 Å². The van der Waals surface area contributed by atoms with E-state index in [-0.39, 0.29) is 8.96 Å². The molecule has 0 saturated carbocycles. The standard InChI is InChI=1S/C8H19NSi2/c1-7(2)9(8(3)4)11(5)6-10/h7-8H,6H2,1-5H3. The van der Waals surface area contributed by atoms with E-state index in [0.29, 0.717) is 12.1 Å². The highest BCUT2D eigenvalue weighted by atomic mass is 28.3. The van der Waals surface area contributed by atoms with Crippen molar-refractivity contribution in [2.45, 2.75) is 52.0 Å². The lowest BCUT2D eigenvalue weighted by Crippen LogP contribution is -2.46. The van der Waals surface area contributed by atoms with E-state index in [9.17, 15) is 0 Å². The molecule has 0 saturated heterocycles. The molecule has 0 heterocycles. The van der Waals surface area contributed by atoms with Crippen LogP contribution in [0.15, 0.2) is 0 Å². The van der Waals surface area contributed by atoms with Gasteiger partial charge in [0.25, 0.3) is 0 Å².